The Balaban J connectivity index is 1.38. The summed E-state index contributed by atoms with van der Waals surface area (Å²) in [6.07, 6.45) is 4.90. The number of carbonyl (C=O) groups excluding carboxylic acids is 4. The average Bonchev–Trinajstić information content (AvgIpc) is 3.32. The van der Waals surface area contributed by atoms with Crippen LogP contribution in [0, 0.1) is 23.7 Å². The minimum absolute atomic E-state index is 0.125. The molecule has 27 heavy (non-hydrogen) atoms. The second kappa shape index (κ2) is 6.64. The average molecular weight is 368 g/mol. The molecule has 1 N–H and O–H groups in total. The molecule has 1 aromatic rings. The maximum atomic E-state index is 12.6. The van der Waals surface area contributed by atoms with E-state index in [-0.39, 0.29) is 48.6 Å². The number of fused-ring (bicyclic) bond motifs is 5. The molecule has 4 rings (SSSR count). The number of esters is 1. The predicted molar refractivity (Wildman–Crippen MR) is 95.5 cm³/mol. The smallest absolute Gasteiger partial charge is 0.338 e. The van der Waals surface area contributed by atoms with Gasteiger partial charge in [-0.05, 0) is 49.4 Å². The number of anilines is 1. The number of rotatable bonds is 5. The Hall–Kier alpha value is -2.96. The summed E-state index contributed by atoms with van der Waals surface area (Å²) in [4.78, 5) is 50.2. The molecular formula is C20H20N2O5. The first-order chi connectivity index (χ1) is 13.0. The molecule has 4 atom stereocenters. The van der Waals surface area contributed by atoms with Crippen molar-refractivity contribution in [1.29, 1.82) is 0 Å². The number of imide groups is 1. The van der Waals surface area contributed by atoms with Gasteiger partial charge >= 0.3 is 5.97 Å². The molecular weight excluding hydrogens is 348 g/mol. The van der Waals surface area contributed by atoms with Crippen LogP contribution in [0.15, 0.2) is 36.4 Å². The van der Waals surface area contributed by atoms with Crippen LogP contribution in [-0.2, 0) is 19.1 Å². The number of nitrogens with zero attached hydrogens (tertiary/aromatic N) is 1. The number of nitrogens with one attached hydrogen (secondary N) is 1. The number of amides is 3. The standard InChI is InChI=1S/C20H20N2O5/c1-2-27-20(26)11-5-7-14(8-6-11)21-15(23)10-22-18(24)16-12-3-4-13(9-12)17(16)19(22)25/h3-8,12-13,16-17H,2,9-10H2,1H3,(H,21,23)/t12-,13+,16-,17-/m0/s1. The number of hydrogen-bond acceptors (Lipinski definition) is 5. The molecule has 0 aromatic heterocycles. The molecule has 2 aliphatic carbocycles. The second-order valence-electron chi connectivity index (χ2n) is 7.11. The Morgan fingerprint density at radius 2 is 1.67 bits per heavy atom. The first kappa shape index (κ1) is 17.5. The second-order valence-corrected chi connectivity index (χ2v) is 7.11. The lowest BCUT2D eigenvalue weighted by atomic mass is 9.85. The molecule has 3 aliphatic rings. The molecule has 140 valence electrons. The molecule has 3 amide bonds. The molecule has 1 heterocycles. The topological polar surface area (TPSA) is 92.8 Å². The molecule has 1 saturated carbocycles. The fourth-order valence-corrected chi connectivity index (χ4v) is 4.37. The van der Waals surface area contributed by atoms with Crippen molar-refractivity contribution in [1.82, 2.24) is 4.90 Å². The summed E-state index contributed by atoms with van der Waals surface area (Å²) in [5.41, 5.74) is 0.865. The van der Waals surface area contributed by atoms with Crippen molar-refractivity contribution in [3.8, 4) is 0 Å². The first-order valence-electron chi connectivity index (χ1n) is 9.10. The van der Waals surface area contributed by atoms with E-state index >= 15 is 0 Å². The Kier molecular flexibility index (Phi) is 4.30. The summed E-state index contributed by atoms with van der Waals surface area (Å²) in [6, 6.07) is 6.26. The minimum Gasteiger partial charge on any atom is -0.462 e. The predicted octanol–water partition coefficient (Wildman–Crippen LogP) is 1.61. The van der Waals surface area contributed by atoms with Crippen LogP contribution >= 0.6 is 0 Å². The molecule has 7 heteroatoms. The lowest BCUT2D eigenvalue weighted by molar-refractivity contribution is -0.143. The normalized spacial score (nSPS) is 27.8. The highest BCUT2D eigenvalue weighted by molar-refractivity contribution is 6.09. The molecule has 0 unspecified atom stereocenters. The van der Waals surface area contributed by atoms with Gasteiger partial charge in [0.1, 0.15) is 6.54 Å². The van der Waals surface area contributed by atoms with Crippen LogP contribution in [0.25, 0.3) is 0 Å². The van der Waals surface area contributed by atoms with Crippen LogP contribution in [0.1, 0.15) is 23.7 Å². The Morgan fingerprint density at radius 1 is 1.07 bits per heavy atom. The molecule has 0 radical (unpaired) electrons. The van der Waals surface area contributed by atoms with E-state index in [1.807, 2.05) is 12.2 Å². The van der Waals surface area contributed by atoms with Crippen molar-refractivity contribution in [3.05, 3.63) is 42.0 Å². The van der Waals surface area contributed by atoms with Gasteiger partial charge in [0, 0.05) is 5.69 Å². The fraction of sp³-hybridized carbons (Fsp3) is 0.400. The quantitative estimate of drug-likeness (QED) is 0.484. The van der Waals surface area contributed by atoms with Gasteiger partial charge in [-0.25, -0.2) is 4.79 Å². The van der Waals surface area contributed by atoms with Gasteiger partial charge in [-0.3, -0.25) is 19.3 Å². The summed E-state index contributed by atoms with van der Waals surface area (Å²) in [7, 11) is 0. The van der Waals surface area contributed by atoms with Crippen LogP contribution in [-0.4, -0.2) is 41.7 Å². The van der Waals surface area contributed by atoms with E-state index in [9.17, 15) is 19.2 Å². The van der Waals surface area contributed by atoms with Gasteiger partial charge in [0.2, 0.25) is 17.7 Å². The van der Waals surface area contributed by atoms with Crippen LogP contribution in [0.3, 0.4) is 0 Å². The number of carbonyl (C=O) groups is 4. The van der Waals surface area contributed by atoms with E-state index in [4.69, 9.17) is 4.74 Å². The Bertz CT molecular complexity index is 814. The monoisotopic (exact) mass is 368 g/mol. The maximum Gasteiger partial charge on any atom is 0.338 e. The van der Waals surface area contributed by atoms with Crippen molar-refractivity contribution in [3.63, 3.8) is 0 Å². The molecule has 1 aliphatic heterocycles. The van der Waals surface area contributed by atoms with Gasteiger partial charge in [0.05, 0.1) is 24.0 Å². The number of benzene rings is 1. The van der Waals surface area contributed by atoms with E-state index in [0.29, 0.717) is 11.3 Å². The zero-order valence-corrected chi connectivity index (χ0v) is 14.9. The van der Waals surface area contributed by atoms with Crippen molar-refractivity contribution in [2.75, 3.05) is 18.5 Å². The minimum atomic E-state index is -0.444. The van der Waals surface area contributed by atoms with Crippen molar-refractivity contribution >= 4 is 29.4 Å². The summed E-state index contributed by atoms with van der Waals surface area (Å²) in [5.74, 6) is -1.71. The van der Waals surface area contributed by atoms with Gasteiger partial charge in [0.15, 0.2) is 0 Å². The van der Waals surface area contributed by atoms with Gasteiger partial charge in [-0.15, -0.1) is 0 Å². The first-order valence-corrected chi connectivity index (χ1v) is 9.10. The largest absolute Gasteiger partial charge is 0.462 e. The molecule has 2 bridgehead atoms. The van der Waals surface area contributed by atoms with E-state index < -0.39 is 11.9 Å². The van der Waals surface area contributed by atoms with Gasteiger partial charge in [-0.1, -0.05) is 12.2 Å². The van der Waals surface area contributed by atoms with Crippen molar-refractivity contribution in [2.24, 2.45) is 23.7 Å². The molecule has 0 spiro atoms. The molecule has 7 nitrogen and oxygen atoms in total. The zero-order valence-electron chi connectivity index (χ0n) is 14.9. The highest BCUT2D eigenvalue weighted by Crippen LogP contribution is 2.52. The summed E-state index contributed by atoms with van der Waals surface area (Å²) < 4.78 is 4.91. The Morgan fingerprint density at radius 3 is 2.22 bits per heavy atom. The number of allylic oxidation sites excluding steroid dienone is 2. The summed E-state index contributed by atoms with van der Waals surface area (Å²) >= 11 is 0. The van der Waals surface area contributed by atoms with Crippen LogP contribution in [0.2, 0.25) is 0 Å². The third-order valence-corrected chi connectivity index (χ3v) is 5.54. The summed E-state index contributed by atoms with van der Waals surface area (Å²) in [5, 5.41) is 2.66. The van der Waals surface area contributed by atoms with Crippen LogP contribution < -0.4 is 5.32 Å². The van der Waals surface area contributed by atoms with Crippen molar-refractivity contribution in [2.45, 2.75) is 13.3 Å². The van der Waals surface area contributed by atoms with E-state index in [2.05, 4.69) is 5.32 Å². The van der Waals surface area contributed by atoms with Gasteiger partial charge in [-0.2, -0.15) is 0 Å². The van der Waals surface area contributed by atoms with Gasteiger partial charge in [0.25, 0.3) is 0 Å². The SMILES string of the molecule is CCOC(=O)c1ccc(NC(=O)CN2C(=O)[C@@H]3[C@@H](C2=O)[C@H]2C=C[C@@H]3C2)cc1. The highest BCUT2D eigenvalue weighted by Gasteiger charge is 2.59. The third kappa shape index (κ3) is 2.93. The number of likely N-dealkylation sites (tertiary alicyclic amines) is 1. The highest BCUT2D eigenvalue weighted by atomic mass is 16.5. The van der Waals surface area contributed by atoms with Gasteiger partial charge < -0.3 is 10.1 Å². The fourth-order valence-electron chi connectivity index (χ4n) is 4.37. The Labute approximate surface area is 156 Å². The molecule has 1 saturated heterocycles. The van der Waals surface area contributed by atoms with Crippen LogP contribution in [0.5, 0.6) is 0 Å². The van der Waals surface area contributed by atoms with E-state index in [0.717, 1.165) is 11.3 Å². The molecule has 2 fully saturated rings. The van der Waals surface area contributed by atoms with Crippen molar-refractivity contribution < 1.29 is 23.9 Å². The zero-order chi connectivity index (χ0) is 19.1. The number of ether oxygens (including phenoxy) is 1. The summed E-state index contributed by atoms with van der Waals surface area (Å²) in [6.45, 7) is 1.72. The van der Waals surface area contributed by atoms with E-state index in [1.54, 1.807) is 31.2 Å². The molecule has 1 aromatic carbocycles. The third-order valence-electron chi connectivity index (χ3n) is 5.54. The van der Waals surface area contributed by atoms with E-state index in [1.165, 1.54) is 0 Å². The lowest BCUT2D eigenvalue weighted by Crippen LogP contribution is -2.39. The maximum absolute atomic E-state index is 12.6. The van der Waals surface area contributed by atoms with Crippen LogP contribution in [0.4, 0.5) is 5.69 Å². The number of hydrogen-bond donors (Lipinski definition) is 1. The lowest BCUT2D eigenvalue weighted by Gasteiger charge is -2.16.